The van der Waals surface area contributed by atoms with Crippen LogP contribution in [0.1, 0.15) is 150 Å². The lowest BCUT2D eigenvalue weighted by molar-refractivity contribution is 0.459. The molecule has 0 aromatic heterocycles. The van der Waals surface area contributed by atoms with E-state index < -0.39 is 0 Å². The van der Waals surface area contributed by atoms with E-state index in [4.69, 9.17) is 0 Å². The molecule has 0 saturated carbocycles. The van der Waals surface area contributed by atoms with E-state index in [1.165, 1.54) is 16.7 Å². The van der Waals surface area contributed by atoms with Crippen LogP contribution in [0.3, 0.4) is 0 Å². The normalized spacial score (nSPS) is 15.5. The van der Waals surface area contributed by atoms with Crippen molar-refractivity contribution in [2.45, 2.75) is 117 Å². The fourth-order valence-corrected chi connectivity index (χ4v) is 5.77. The van der Waals surface area contributed by atoms with Gasteiger partial charge in [0.15, 0.2) is 0 Å². The quantitative estimate of drug-likeness (QED) is 0.206. The predicted molar refractivity (Wildman–Crippen MR) is 165 cm³/mol. The third kappa shape index (κ3) is 7.18. The SMILES string of the molecule is CCCC(CC(c1ccc(O)c(C(C)CC)c1)c1ccc(O)c(C(C)CC)c1)c1ccc(O)c(C(C)CC)c1. The summed E-state index contributed by atoms with van der Waals surface area (Å²) in [5, 5.41) is 32.0. The number of hydrogen-bond acceptors (Lipinski definition) is 3. The zero-order valence-corrected chi connectivity index (χ0v) is 25.2. The number of phenols is 3. The molecule has 3 N–H and O–H groups in total. The van der Waals surface area contributed by atoms with Crippen LogP contribution >= 0.6 is 0 Å². The van der Waals surface area contributed by atoms with Gasteiger partial charge in [-0.05, 0) is 107 Å². The van der Waals surface area contributed by atoms with Crippen LogP contribution in [-0.4, -0.2) is 15.3 Å². The van der Waals surface area contributed by atoms with Crippen molar-refractivity contribution in [2.75, 3.05) is 0 Å². The first kappa shape index (κ1) is 30.6. The van der Waals surface area contributed by atoms with Gasteiger partial charge >= 0.3 is 0 Å². The highest BCUT2D eigenvalue weighted by molar-refractivity contribution is 5.47. The Kier molecular flexibility index (Phi) is 10.9. The maximum absolute atomic E-state index is 10.7. The topological polar surface area (TPSA) is 60.7 Å². The first-order chi connectivity index (χ1) is 18.6. The Morgan fingerprint density at radius 2 is 0.897 bits per heavy atom. The van der Waals surface area contributed by atoms with Crippen LogP contribution < -0.4 is 0 Å². The molecule has 4 atom stereocenters. The van der Waals surface area contributed by atoms with Gasteiger partial charge in [-0.2, -0.15) is 0 Å². The molecule has 0 heterocycles. The van der Waals surface area contributed by atoms with Gasteiger partial charge in [0.25, 0.3) is 0 Å². The maximum atomic E-state index is 10.7. The molecule has 0 spiro atoms. The Labute approximate surface area is 236 Å². The summed E-state index contributed by atoms with van der Waals surface area (Å²) < 4.78 is 0. The summed E-state index contributed by atoms with van der Waals surface area (Å²) >= 11 is 0. The van der Waals surface area contributed by atoms with Crippen LogP contribution in [0.15, 0.2) is 54.6 Å². The summed E-state index contributed by atoms with van der Waals surface area (Å²) in [5.74, 6) is 2.35. The zero-order chi connectivity index (χ0) is 28.7. The van der Waals surface area contributed by atoms with Crippen molar-refractivity contribution in [1.82, 2.24) is 0 Å². The Bertz CT molecular complexity index is 1150. The highest BCUT2D eigenvalue weighted by Crippen LogP contribution is 2.43. The average Bonchev–Trinajstić information content (AvgIpc) is 2.95. The molecule has 3 aromatic rings. The summed E-state index contributed by atoms with van der Waals surface area (Å²) in [7, 11) is 0. The second-order valence-electron chi connectivity index (χ2n) is 11.7. The molecule has 3 rings (SSSR count). The molecular formula is C36H50O3. The second-order valence-corrected chi connectivity index (χ2v) is 11.7. The third-order valence-electron chi connectivity index (χ3n) is 9.02. The number of rotatable bonds is 13. The van der Waals surface area contributed by atoms with Crippen molar-refractivity contribution in [2.24, 2.45) is 0 Å². The van der Waals surface area contributed by atoms with Gasteiger partial charge in [-0.3, -0.25) is 0 Å². The van der Waals surface area contributed by atoms with Crippen molar-refractivity contribution >= 4 is 0 Å². The second kappa shape index (κ2) is 13.9. The summed E-state index contributed by atoms with van der Waals surface area (Å²) in [5.41, 5.74) is 6.70. The third-order valence-corrected chi connectivity index (χ3v) is 9.02. The van der Waals surface area contributed by atoms with E-state index in [1.54, 1.807) is 0 Å². The molecule has 0 aliphatic carbocycles. The highest BCUT2D eigenvalue weighted by Gasteiger charge is 2.25. The van der Waals surface area contributed by atoms with Crippen LogP contribution in [-0.2, 0) is 0 Å². The van der Waals surface area contributed by atoms with Crippen molar-refractivity contribution < 1.29 is 15.3 Å². The number of aromatic hydroxyl groups is 3. The predicted octanol–water partition coefficient (Wildman–Crippen LogP) is 10.4. The molecule has 0 radical (unpaired) electrons. The first-order valence-corrected chi connectivity index (χ1v) is 15.1. The number of phenolic OH excluding ortho intramolecular Hbond substituents is 3. The minimum atomic E-state index is 0.106. The molecule has 0 fully saturated rings. The standard InChI is InChI=1S/C36H50O3/c1-8-12-26(27-13-16-34(37)30(19-27)23(5)9-2)20-33(28-14-17-35(38)31(21-28)24(6)10-3)29-15-18-36(39)32(22-29)25(7)11-4/h13-19,21-26,33,37-39H,8-12,20H2,1-7H3. The Balaban J connectivity index is 2.16. The number of hydrogen-bond donors (Lipinski definition) is 3. The Morgan fingerprint density at radius 1 is 0.538 bits per heavy atom. The summed E-state index contributed by atoms with van der Waals surface area (Å²) in [6.07, 6.45) is 5.93. The van der Waals surface area contributed by atoms with Crippen LogP contribution in [0.4, 0.5) is 0 Å². The highest BCUT2D eigenvalue weighted by atomic mass is 16.3. The lowest BCUT2D eigenvalue weighted by Gasteiger charge is -2.27. The van der Waals surface area contributed by atoms with Gasteiger partial charge in [-0.1, -0.05) is 91.3 Å². The first-order valence-electron chi connectivity index (χ1n) is 15.1. The Morgan fingerprint density at radius 3 is 1.26 bits per heavy atom. The van der Waals surface area contributed by atoms with E-state index in [1.807, 2.05) is 18.2 Å². The van der Waals surface area contributed by atoms with Gasteiger partial charge in [-0.25, -0.2) is 0 Å². The van der Waals surface area contributed by atoms with Crippen molar-refractivity contribution in [1.29, 1.82) is 0 Å². The largest absolute Gasteiger partial charge is 0.508 e. The minimum absolute atomic E-state index is 0.106. The maximum Gasteiger partial charge on any atom is 0.119 e. The fourth-order valence-electron chi connectivity index (χ4n) is 5.77. The fraction of sp³-hybridized carbons (Fsp3) is 0.500. The Hall–Kier alpha value is -2.94. The molecular weight excluding hydrogens is 480 g/mol. The molecule has 3 heteroatoms. The molecule has 0 aliphatic heterocycles. The van der Waals surface area contributed by atoms with Crippen LogP contribution in [0.5, 0.6) is 17.2 Å². The van der Waals surface area contributed by atoms with Gasteiger partial charge < -0.3 is 15.3 Å². The van der Waals surface area contributed by atoms with E-state index in [9.17, 15) is 15.3 Å². The summed E-state index contributed by atoms with van der Waals surface area (Å²) in [4.78, 5) is 0. The summed E-state index contributed by atoms with van der Waals surface area (Å²) in [6, 6.07) is 18.5. The van der Waals surface area contributed by atoms with Gasteiger partial charge in [0.1, 0.15) is 17.2 Å². The van der Waals surface area contributed by atoms with Crippen LogP contribution in [0.2, 0.25) is 0 Å². The molecule has 0 aliphatic rings. The molecule has 3 aromatic carbocycles. The van der Waals surface area contributed by atoms with Gasteiger partial charge in [0.05, 0.1) is 0 Å². The molecule has 4 unspecified atom stereocenters. The molecule has 3 nitrogen and oxygen atoms in total. The number of benzene rings is 3. The smallest absolute Gasteiger partial charge is 0.119 e. The van der Waals surface area contributed by atoms with Crippen LogP contribution in [0, 0.1) is 0 Å². The summed E-state index contributed by atoms with van der Waals surface area (Å²) in [6.45, 7) is 15.2. The molecule has 212 valence electrons. The molecule has 0 saturated heterocycles. The van der Waals surface area contributed by atoms with Gasteiger partial charge in [0, 0.05) is 5.92 Å². The monoisotopic (exact) mass is 530 g/mol. The average molecular weight is 531 g/mol. The molecule has 39 heavy (non-hydrogen) atoms. The molecule has 0 amide bonds. The van der Waals surface area contributed by atoms with Crippen molar-refractivity contribution in [3.8, 4) is 17.2 Å². The van der Waals surface area contributed by atoms with E-state index in [0.717, 1.165) is 55.2 Å². The van der Waals surface area contributed by atoms with Gasteiger partial charge in [0.2, 0.25) is 0 Å². The lowest BCUT2D eigenvalue weighted by atomic mass is 9.77. The van der Waals surface area contributed by atoms with E-state index >= 15 is 0 Å². The van der Waals surface area contributed by atoms with Crippen LogP contribution in [0.25, 0.3) is 0 Å². The van der Waals surface area contributed by atoms with Crippen molar-refractivity contribution in [3.05, 3.63) is 88.0 Å². The van der Waals surface area contributed by atoms with E-state index in [2.05, 4.69) is 84.9 Å². The van der Waals surface area contributed by atoms with E-state index in [0.29, 0.717) is 29.1 Å². The van der Waals surface area contributed by atoms with Crippen molar-refractivity contribution in [3.63, 3.8) is 0 Å². The molecule has 0 bridgehead atoms. The lowest BCUT2D eigenvalue weighted by Crippen LogP contribution is -2.11. The van der Waals surface area contributed by atoms with E-state index in [-0.39, 0.29) is 17.8 Å². The zero-order valence-electron chi connectivity index (χ0n) is 25.2. The van der Waals surface area contributed by atoms with Gasteiger partial charge in [-0.15, -0.1) is 0 Å². The minimum Gasteiger partial charge on any atom is -0.508 e.